The van der Waals surface area contributed by atoms with Gasteiger partial charge in [-0.1, -0.05) is 76.5 Å². The topological polar surface area (TPSA) is 37.3 Å². The summed E-state index contributed by atoms with van der Waals surface area (Å²) in [6.45, 7) is 3.62. The summed E-state index contributed by atoms with van der Waals surface area (Å²) in [7, 11) is 6.86. The van der Waals surface area contributed by atoms with Gasteiger partial charge in [-0.15, -0.1) is 0 Å². The van der Waals surface area contributed by atoms with Gasteiger partial charge >= 0.3 is 5.97 Å². The molecule has 144 valence electrons. The summed E-state index contributed by atoms with van der Waals surface area (Å²) in [6, 6.07) is 8.30. The molecule has 0 bridgehead atoms. The quantitative estimate of drug-likeness (QED) is 0.371. The number of quaternary nitrogens is 1. The first kappa shape index (κ1) is 23.6. The molecule has 1 aromatic carbocycles. The highest BCUT2D eigenvalue weighted by atomic mass is 16.4. The molecule has 0 fully saturated rings. The van der Waals surface area contributed by atoms with Crippen LogP contribution in [0.15, 0.2) is 30.3 Å². The third-order valence-corrected chi connectivity index (χ3v) is 4.20. The third-order valence-electron chi connectivity index (χ3n) is 4.20. The molecule has 0 unspecified atom stereocenters. The Labute approximate surface area is 155 Å². The molecule has 1 aromatic rings. The van der Waals surface area contributed by atoms with Gasteiger partial charge in [-0.05, 0) is 25.0 Å². The van der Waals surface area contributed by atoms with Crippen molar-refractivity contribution in [2.45, 2.75) is 71.1 Å². The Morgan fingerprint density at radius 2 is 1.24 bits per heavy atom. The summed E-state index contributed by atoms with van der Waals surface area (Å²) in [5.74, 6) is -0.879. The highest BCUT2D eigenvalue weighted by Crippen LogP contribution is 2.11. The van der Waals surface area contributed by atoms with Crippen molar-refractivity contribution < 1.29 is 14.4 Å². The molecule has 0 atom stereocenters. The Morgan fingerprint density at radius 1 is 0.800 bits per heavy atom. The minimum absolute atomic E-state index is 0.331. The van der Waals surface area contributed by atoms with Crippen LogP contribution in [0.1, 0.15) is 81.5 Å². The normalized spacial score (nSPS) is 10.9. The van der Waals surface area contributed by atoms with Crippen LogP contribution in [0.25, 0.3) is 0 Å². The van der Waals surface area contributed by atoms with Crippen LogP contribution in [0.3, 0.4) is 0 Å². The number of carbonyl (C=O) groups is 1. The molecule has 0 aliphatic heterocycles. The van der Waals surface area contributed by atoms with E-state index in [1.807, 2.05) is 0 Å². The second-order valence-corrected chi connectivity index (χ2v) is 7.87. The lowest BCUT2D eigenvalue weighted by molar-refractivity contribution is -0.870. The number of carboxylic acids is 1. The van der Waals surface area contributed by atoms with E-state index in [4.69, 9.17) is 5.11 Å². The summed E-state index contributed by atoms with van der Waals surface area (Å²) >= 11 is 0. The van der Waals surface area contributed by atoms with Crippen LogP contribution in [-0.4, -0.2) is 43.2 Å². The predicted octanol–water partition coefficient (Wildman–Crippen LogP) is 6.00. The molecule has 25 heavy (non-hydrogen) atoms. The second kappa shape index (κ2) is 14.9. The fourth-order valence-corrected chi connectivity index (χ4v) is 2.65. The number of benzene rings is 1. The van der Waals surface area contributed by atoms with E-state index in [1.165, 1.54) is 70.8 Å². The van der Waals surface area contributed by atoms with E-state index in [9.17, 15) is 4.79 Å². The Balaban J connectivity index is 0.000000535. The average molecular weight is 351 g/mol. The van der Waals surface area contributed by atoms with Crippen molar-refractivity contribution in [3.63, 3.8) is 0 Å². The summed E-state index contributed by atoms with van der Waals surface area (Å²) in [4.78, 5) is 10.2. The van der Waals surface area contributed by atoms with Crippen LogP contribution >= 0.6 is 0 Å². The number of aromatic carboxylic acids is 1. The molecule has 0 aliphatic carbocycles. The molecule has 3 nitrogen and oxygen atoms in total. The van der Waals surface area contributed by atoms with Gasteiger partial charge in [-0.2, -0.15) is 0 Å². The smallest absolute Gasteiger partial charge is 0.335 e. The lowest BCUT2D eigenvalue weighted by atomic mass is 10.1. The van der Waals surface area contributed by atoms with Crippen LogP contribution in [-0.2, 0) is 0 Å². The van der Waals surface area contributed by atoms with Gasteiger partial charge in [0.25, 0.3) is 0 Å². The molecular formula is C22H40NO2+. The SMILES string of the molecule is CCCCCCCCCCCC[N+](C)(C)C.O=C(O)c1ccccc1. The molecule has 0 saturated carbocycles. The van der Waals surface area contributed by atoms with Crippen molar-refractivity contribution in [2.75, 3.05) is 27.7 Å². The van der Waals surface area contributed by atoms with Gasteiger partial charge in [0.15, 0.2) is 0 Å². The molecular weight excluding hydrogens is 310 g/mol. The van der Waals surface area contributed by atoms with Gasteiger partial charge in [0.05, 0.1) is 33.3 Å². The Hall–Kier alpha value is -1.35. The molecule has 0 saturated heterocycles. The van der Waals surface area contributed by atoms with Crippen LogP contribution in [0.5, 0.6) is 0 Å². The van der Waals surface area contributed by atoms with Crippen molar-refractivity contribution >= 4 is 5.97 Å². The first-order valence-electron chi connectivity index (χ1n) is 9.95. The fourth-order valence-electron chi connectivity index (χ4n) is 2.65. The molecule has 1 rings (SSSR count). The monoisotopic (exact) mass is 350 g/mol. The molecule has 1 N–H and O–H groups in total. The maximum Gasteiger partial charge on any atom is 0.335 e. The maximum atomic E-state index is 10.2. The number of nitrogens with zero attached hydrogens (tertiary/aromatic N) is 1. The van der Waals surface area contributed by atoms with Gasteiger partial charge in [-0.3, -0.25) is 0 Å². The summed E-state index contributed by atoms with van der Waals surface area (Å²) in [5, 5.41) is 8.38. The van der Waals surface area contributed by atoms with E-state index in [2.05, 4.69) is 28.1 Å². The summed E-state index contributed by atoms with van der Waals surface area (Å²) in [6.07, 6.45) is 14.4. The number of unbranched alkanes of at least 4 members (excludes halogenated alkanes) is 9. The molecule has 0 heterocycles. The highest BCUT2D eigenvalue weighted by Gasteiger charge is 2.04. The third kappa shape index (κ3) is 17.3. The summed E-state index contributed by atoms with van der Waals surface area (Å²) < 4.78 is 1.12. The minimum Gasteiger partial charge on any atom is -0.478 e. The molecule has 0 aromatic heterocycles. The minimum atomic E-state index is -0.879. The number of hydrogen-bond donors (Lipinski definition) is 1. The number of rotatable bonds is 12. The van der Waals surface area contributed by atoms with Crippen molar-refractivity contribution in [2.24, 2.45) is 0 Å². The van der Waals surface area contributed by atoms with Crippen molar-refractivity contribution in [3.8, 4) is 0 Å². The lowest BCUT2D eigenvalue weighted by Gasteiger charge is -2.23. The summed E-state index contributed by atoms with van der Waals surface area (Å²) in [5.41, 5.74) is 0.331. The predicted molar refractivity (Wildman–Crippen MR) is 108 cm³/mol. The number of hydrogen-bond acceptors (Lipinski definition) is 1. The van der Waals surface area contributed by atoms with Gasteiger partial charge in [-0.25, -0.2) is 4.79 Å². The zero-order valence-corrected chi connectivity index (χ0v) is 17.0. The average Bonchev–Trinajstić information content (AvgIpc) is 2.57. The number of carboxylic acid groups (broad SMARTS) is 1. The Kier molecular flexibility index (Phi) is 14.1. The Bertz CT molecular complexity index is 423. The molecule has 0 aliphatic rings. The second-order valence-electron chi connectivity index (χ2n) is 7.87. The first-order valence-corrected chi connectivity index (χ1v) is 9.95. The largest absolute Gasteiger partial charge is 0.478 e. The Morgan fingerprint density at radius 3 is 1.60 bits per heavy atom. The zero-order valence-electron chi connectivity index (χ0n) is 17.0. The highest BCUT2D eigenvalue weighted by molar-refractivity contribution is 5.87. The van der Waals surface area contributed by atoms with Crippen molar-refractivity contribution in [1.29, 1.82) is 0 Å². The van der Waals surface area contributed by atoms with E-state index < -0.39 is 5.97 Å². The van der Waals surface area contributed by atoms with Crippen molar-refractivity contribution in [1.82, 2.24) is 0 Å². The van der Waals surface area contributed by atoms with Gasteiger partial charge in [0.2, 0.25) is 0 Å². The maximum absolute atomic E-state index is 10.2. The zero-order chi connectivity index (χ0) is 19.0. The van der Waals surface area contributed by atoms with E-state index in [1.54, 1.807) is 30.3 Å². The standard InChI is InChI=1S/C15H34N.C7H6O2/c1-5-6-7-8-9-10-11-12-13-14-15-16(2,3)4;8-7(9)6-4-2-1-3-5-6/h5-15H2,1-4H3;1-5H,(H,8,9)/q+1;. The van der Waals surface area contributed by atoms with E-state index >= 15 is 0 Å². The van der Waals surface area contributed by atoms with Crippen LogP contribution < -0.4 is 0 Å². The molecule has 0 radical (unpaired) electrons. The fraction of sp³-hybridized carbons (Fsp3) is 0.682. The van der Waals surface area contributed by atoms with Gasteiger partial charge < -0.3 is 9.59 Å². The van der Waals surface area contributed by atoms with Gasteiger partial charge in [0, 0.05) is 0 Å². The van der Waals surface area contributed by atoms with Gasteiger partial charge in [0.1, 0.15) is 0 Å². The van der Waals surface area contributed by atoms with E-state index in [0.717, 1.165) is 4.48 Å². The van der Waals surface area contributed by atoms with Crippen molar-refractivity contribution in [3.05, 3.63) is 35.9 Å². The molecule has 0 spiro atoms. The van der Waals surface area contributed by atoms with Crippen LogP contribution in [0, 0.1) is 0 Å². The molecule has 0 amide bonds. The lowest BCUT2D eigenvalue weighted by Crippen LogP contribution is -2.35. The first-order chi connectivity index (χ1) is 11.9. The molecule has 3 heteroatoms. The van der Waals surface area contributed by atoms with Crippen LogP contribution in [0.4, 0.5) is 0 Å². The van der Waals surface area contributed by atoms with E-state index in [-0.39, 0.29) is 0 Å². The van der Waals surface area contributed by atoms with E-state index in [0.29, 0.717) is 5.56 Å². The van der Waals surface area contributed by atoms with Crippen LogP contribution in [0.2, 0.25) is 0 Å².